The van der Waals surface area contributed by atoms with Gasteiger partial charge in [-0.3, -0.25) is 4.79 Å². The summed E-state index contributed by atoms with van der Waals surface area (Å²) in [4.78, 5) is 23.8. The summed E-state index contributed by atoms with van der Waals surface area (Å²) in [6, 6.07) is -0.519. The van der Waals surface area contributed by atoms with Gasteiger partial charge in [0.25, 0.3) is 0 Å². The number of carbonyl (C=O) groups excluding carboxylic acids is 2. The number of carbonyl (C=O) groups is 2. The second-order valence-corrected chi connectivity index (χ2v) is 5.70. The van der Waals surface area contributed by atoms with E-state index in [1.54, 1.807) is 0 Å². The Labute approximate surface area is 127 Å². The Morgan fingerprint density at radius 2 is 1.95 bits per heavy atom. The van der Waals surface area contributed by atoms with Crippen LogP contribution in [0.25, 0.3) is 0 Å². The topological polar surface area (TPSA) is 64.6 Å². The van der Waals surface area contributed by atoms with E-state index < -0.39 is 6.04 Å². The molecule has 122 valence electrons. The number of amides is 1. The van der Waals surface area contributed by atoms with Crippen LogP contribution in [-0.2, 0) is 19.1 Å². The zero-order chi connectivity index (χ0) is 15.5. The normalized spacial score (nSPS) is 19.2. The van der Waals surface area contributed by atoms with Crippen LogP contribution in [0.2, 0.25) is 0 Å². The van der Waals surface area contributed by atoms with E-state index in [9.17, 15) is 9.59 Å². The Morgan fingerprint density at radius 3 is 2.57 bits per heavy atom. The minimum atomic E-state index is -0.519. The molecule has 2 atom stereocenters. The summed E-state index contributed by atoms with van der Waals surface area (Å²) in [5.74, 6) is -0.564. The lowest BCUT2D eigenvalue weighted by molar-refractivity contribution is -0.145. The average molecular weight is 299 g/mol. The SMILES string of the molecule is CCCCCCCC[C@@H](NC(=O)[C@@H]1CCOC1)C(=O)OC. The van der Waals surface area contributed by atoms with Crippen LogP contribution in [0.4, 0.5) is 0 Å². The fourth-order valence-corrected chi connectivity index (χ4v) is 2.55. The van der Waals surface area contributed by atoms with Crippen molar-refractivity contribution in [3.63, 3.8) is 0 Å². The highest BCUT2D eigenvalue weighted by Crippen LogP contribution is 2.14. The number of methoxy groups -OCH3 is 1. The maximum Gasteiger partial charge on any atom is 0.328 e. The van der Waals surface area contributed by atoms with Crippen molar-refractivity contribution in [3.8, 4) is 0 Å². The second-order valence-electron chi connectivity index (χ2n) is 5.70. The quantitative estimate of drug-likeness (QED) is 0.497. The van der Waals surface area contributed by atoms with Crippen LogP contribution in [0, 0.1) is 5.92 Å². The van der Waals surface area contributed by atoms with E-state index in [-0.39, 0.29) is 17.8 Å². The highest BCUT2D eigenvalue weighted by molar-refractivity contribution is 5.85. The second kappa shape index (κ2) is 10.6. The van der Waals surface area contributed by atoms with Gasteiger partial charge >= 0.3 is 5.97 Å². The van der Waals surface area contributed by atoms with Gasteiger partial charge in [-0.05, 0) is 12.8 Å². The molecule has 0 spiro atoms. The highest BCUT2D eigenvalue weighted by atomic mass is 16.5. The fraction of sp³-hybridized carbons (Fsp3) is 0.875. The van der Waals surface area contributed by atoms with Crippen molar-refractivity contribution in [2.45, 2.75) is 64.3 Å². The molecule has 1 heterocycles. The van der Waals surface area contributed by atoms with Gasteiger partial charge in [0.1, 0.15) is 6.04 Å². The van der Waals surface area contributed by atoms with E-state index >= 15 is 0 Å². The molecule has 0 aliphatic carbocycles. The largest absolute Gasteiger partial charge is 0.467 e. The highest BCUT2D eigenvalue weighted by Gasteiger charge is 2.28. The van der Waals surface area contributed by atoms with Gasteiger partial charge in [0.05, 0.1) is 19.6 Å². The molecule has 0 radical (unpaired) electrons. The van der Waals surface area contributed by atoms with E-state index in [2.05, 4.69) is 12.2 Å². The van der Waals surface area contributed by atoms with Crippen molar-refractivity contribution in [3.05, 3.63) is 0 Å². The number of hydrogen-bond donors (Lipinski definition) is 1. The summed E-state index contributed by atoms with van der Waals surface area (Å²) in [5.41, 5.74) is 0. The molecular weight excluding hydrogens is 270 g/mol. The molecular formula is C16H29NO4. The number of esters is 1. The van der Waals surface area contributed by atoms with Gasteiger partial charge in [0.2, 0.25) is 5.91 Å². The molecule has 0 saturated carbocycles. The van der Waals surface area contributed by atoms with Gasteiger partial charge in [-0.1, -0.05) is 45.4 Å². The van der Waals surface area contributed by atoms with E-state index in [1.807, 2.05) is 0 Å². The van der Waals surface area contributed by atoms with Crippen molar-refractivity contribution >= 4 is 11.9 Å². The maximum atomic E-state index is 12.1. The van der Waals surface area contributed by atoms with Crippen LogP contribution in [0.15, 0.2) is 0 Å². The van der Waals surface area contributed by atoms with Crippen LogP contribution in [0.5, 0.6) is 0 Å². The molecule has 0 unspecified atom stereocenters. The van der Waals surface area contributed by atoms with Crippen molar-refractivity contribution < 1.29 is 19.1 Å². The molecule has 0 aromatic carbocycles. The maximum absolute atomic E-state index is 12.1. The van der Waals surface area contributed by atoms with E-state index in [0.717, 1.165) is 19.3 Å². The molecule has 1 amide bonds. The predicted molar refractivity (Wildman–Crippen MR) is 80.9 cm³/mol. The number of nitrogens with one attached hydrogen (secondary N) is 1. The Morgan fingerprint density at radius 1 is 1.24 bits per heavy atom. The average Bonchev–Trinajstić information content (AvgIpc) is 3.03. The monoisotopic (exact) mass is 299 g/mol. The van der Waals surface area contributed by atoms with Gasteiger partial charge in [-0.2, -0.15) is 0 Å². The van der Waals surface area contributed by atoms with E-state index in [1.165, 1.54) is 32.8 Å². The standard InChI is InChI=1S/C16H29NO4/c1-3-4-5-6-7-8-9-14(16(19)20-2)17-15(18)13-10-11-21-12-13/h13-14H,3-12H2,1-2H3,(H,17,18)/t13-,14-/m1/s1. The molecule has 5 heteroatoms. The van der Waals surface area contributed by atoms with Crippen LogP contribution in [-0.4, -0.2) is 38.2 Å². The van der Waals surface area contributed by atoms with Crippen LogP contribution < -0.4 is 5.32 Å². The van der Waals surface area contributed by atoms with Crippen molar-refractivity contribution in [2.75, 3.05) is 20.3 Å². The first-order valence-corrected chi connectivity index (χ1v) is 8.15. The summed E-state index contributed by atoms with van der Waals surface area (Å²) >= 11 is 0. The summed E-state index contributed by atoms with van der Waals surface area (Å²) in [6.45, 7) is 3.27. The lowest BCUT2D eigenvalue weighted by Gasteiger charge is -2.18. The Hall–Kier alpha value is -1.10. The van der Waals surface area contributed by atoms with Gasteiger partial charge in [-0.15, -0.1) is 0 Å². The summed E-state index contributed by atoms with van der Waals surface area (Å²) in [7, 11) is 1.36. The predicted octanol–water partition coefficient (Wildman–Crippen LogP) is 2.43. The first-order chi connectivity index (χ1) is 10.2. The van der Waals surface area contributed by atoms with Gasteiger partial charge in [-0.25, -0.2) is 4.79 Å². The van der Waals surface area contributed by atoms with Crippen LogP contribution in [0.1, 0.15) is 58.3 Å². The third-order valence-electron chi connectivity index (χ3n) is 3.95. The minimum absolute atomic E-state index is 0.0890. The number of hydrogen-bond acceptors (Lipinski definition) is 4. The van der Waals surface area contributed by atoms with Gasteiger partial charge in [0.15, 0.2) is 0 Å². The third-order valence-corrected chi connectivity index (χ3v) is 3.95. The zero-order valence-corrected chi connectivity index (χ0v) is 13.4. The van der Waals surface area contributed by atoms with Crippen molar-refractivity contribution in [1.82, 2.24) is 5.32 Å². The Balaban J connectivity index is 2.30. The molecule has 1 aliphatic heterocycles. The molecule has 21 heavy (non-hydrogen) atoms. The van der Waals surface area contributed by atoms with Crippen LogP contribution >= 0.6 is 0 Å². The third kappa shape index (κ3) is 6.93. The van der Waals surface area contributed by atoms with E-state index in [0.29, 0.717) is 19.6 Å². The zero-order valence-electron chi connectivity index (χ0n) is 13.4. The Bertz CT molecular complexity index is 313. The molecule has 0 aromatic rings. The minimum Gasteiger partial charge on any atom is -0.467 e. The number of unbranched alkanes of at least 4 members (excludes halogenated alkanes) is 5. The van der Waals surface area contributed by atoms with Gasteiger partial charge < -0.3 is 14.8 Å². The Kier molecular flexibility index (Phi) is 9.06. The summed E-state index contributed by atoms with van der Waals surface area (Å²) < 4.78 is 9.99. The molecule has 1 N–H and O–H groups in total. The molecule has 0 aromatic heterocycles. The van der Waals surface area contributed by atoms with Crippen LogP contribution in [0.3, 0.4) is 0 Å². The molecule has 0 bridgehead atoms. The van der Waals surface area contributed by atoms with E-state index in [4.69, 9.17) is 9.47 Å². The summed E-state index contributed by atoms with van der Waals surface area (Å²) in [5, 5.41) is 2.82. The number of rotatable bonds is 10. The van der Waals surface area contributed by atoms with Crippen molar-refractivity contribution in [1.29, 1.82) is 0 Å². The molecule has 1 rings (SSSR count). The first kappa shape index (κ1) is 18.0. The smallest absolute Gasteiger partial charge is 0.328 e. The lowest BCUT2D eigenvalue weighted by atomic mass is 10.0. The lowest BCUT2D eigenvalue weighted by Crippen LogP contribution is -2.44. The fourth-order valence-electron chi connectivity index (χ4n) is 2.55. The number of ether oxygens (including phenoxy) is 2. The molecule has 5 nitrogen and oxygen atoms in total. The first-order valence-electron chi connectivity index (χ1n) is 8.15. The molecule has 1 saturated heterocycles. The van der Waals surface area contributed by atoms with Gasteiger partial charge in [0, 0.05) is 6.61 Å². The van der Waals surface area contributed by atoms with Crippen molar-refractivity contribution in [2.24, 2.45) is 5.92 Å². The molecule has 1 aliphatic rings. The molecule has 1 fully saturated rings. The summed E-state index contributed by atoms with van der Waals surface area (Å²) in [6.07, 6.45) is 8.33.